The lowest BCUT2D eigenvalue weighted by Gasteiger charge is -2.16. The van der Waals surface area contributed by atoms with Crippen molar-refractivity contribution in [2.24, 2.45) is 5.92 Å². The van der Waals surface area contributed by atoms with Gasteiger partial charge in [-0.2, -0.15) is 0 Å². The quantitative estimate of drug-likeness (QED) is 0.429. The summed E-state index contributed by atoms with van der Waals surface area (Å²) in [7, 11) is 0. The average molecular weight is 430 g/mol. The summed E-state index contributed by atoms with van der Waals surface area (Å²) in [6.45, 7) is 8.00. The molecule has 3 rings (SSSR count). The minimum Gasteiger partial charge on any atom is -0.463 e. The summed E-state index contributed by atoms with van der Waals surface area (Å²) >= 11 is 1.49. The number of fused-ring (bicyclic) bond motifs is 1. The summed E-state index contributed by atoms with van der Waals surface area (Å²) in [6.07, 6.45) is 4.89. The molecule has 0 aliphatic rings. The lowest BCUT2D eigenvalue weighted by Crippen LogP contribution is -2.68. The highest BCUT2D eigenvalue weighted by atomic mass is 32.1. The van der Waals surface area contributed by atoms with Crippen molar-refractivity contribution >= 4 is 28.3 Å². The van der Waals surface area contributed by atoms with Crippen molar-refractivity contribution in [1.29, 1.82) is 0 Å². The lowest BCUT2D eigenvalue weighted by atomic mass is 10.00. The van der Waals surface area contributed by atoms with Crippen LogP contribution in [0.1, 0.15) is 50.6 Å². The number of nitrogens with zero attached hydrogens (tertiary/aromatic N) is 1. The highest BCUT2D eigenvalue weighted by Gasteiger charge is 2.26. The number of benzene rings is 1. The van der Waals surface area contributed by atoms with E-state index in [1.807, 2.05) is 26.2 Å². The van der Waals surface area contributed by atoms with E-state index in [4.69, 9.17) is 9.15 Å². The van der Waals surface area contributed by atoms with E-state index in [9.17, 15) is 9.59 Å². The zero-order valence-electron chi connectivity index (χ0n) is 18.0. The van der Waals surface area contributed by atoms with Crippen LogP contribution in [0.25, 0.3) is 22.2 Å². The maximum atomic E-state index is 13.1. The van der Waals surface area contributed by atoms with Crippen LogP contribution < -0.4 is 15.9 Å². The van der Waals surface area contributed by atoms with Gasteiger partial charge < -0.3 is 14.9 Å². The Morgan fingerprint density at radius 3 is 2.73 bits per heavy atom. The SMILES string of the molecule is CCCCc1cc2c(=O)c(-c3csc(C)n3)coc2cc1OC(=O)[C@H]([NH3+])[C@@H](C)CC. The fourth-order valence-corrected chi connectivity index (χ4v) is 3.84. The number of esters is 1. The second-order valence-corrected chi connectivity index (χ2v) is 8.77. The Balaban J connectivity index is 2.05. The van der Waals surface area contributed by atoms with Crippen LogP contribution in [-0.2, 0) is 11.2 Å². The second kappa shape index (κ2) is 9.53. The summed E-state index contributed by atoms with van der Waals surface area (Å²) in [5.41, 5.74) is 6.11. The van der Waals surface area contributed by atoms with Gasteiger partial charge in [0.2, 0.25) is 5.43 Å². The summed E-state index contributed by atoms with van der Waals surface area (Å²) in [5.74, 6) is 0.204. The van der Waals surface area contributed by atoms with Gasteiger partial charge in [0.05, 0.1) is 21.7 Å². The van der Waals surface area contributed by atoms with Crippen molar-refractivity contribution in [1.82, 2.24) is 4.98 Å². The number of aromatic nitrogens is 1. The first-order valence-corrected chi connectivity index (χ1v) is 11.3. The van der Waals surface area contributed by atoms with Crippen LogP contribution in [0, 0.1) is 12.8 Å². The Bertz CT molecular complexity index is 1100. The topological polar surface area (TPSA) is 97.0 Å². The molecule has 2 atom stereocenters. The van der Waals surface area contributed by atoms with E-state index < -0.39 is 6.04 Å². The lowest BCUT2D eigenvalue weighted by molar-refractivity contribution is -0.418. The van der Waals surface area contributed by atoms with Gasteiger partial charge in [-0.25, -0.2) is 9.78 Å². The van der Waals surface area contributed by atoms with Crippen LogP contribution in [0.5, 0.6) is 5.75 Å². The Hall–Kier alpha value is -2.51. The first kappa shape index (κ1) is 22.2. The standard InChI is InChI=1S/C23H28N2O4S/c1-5-7-8-15-9-16-20(10-19(15)29-23(27)21(24)13(3)6-2)28-11-17(22(16)26)18-12-30-14(4)25-18/h9-13,21H,5-8,24H2,1-4H3/p+1/t13-,21+/m0/s1. The summed E-state index contributed by atoms with van der Waals surface area (Å²) in [6, 6.07) is 3.00. The largest absolute Gasteiger partial charge is 0.463 e. The molecular formula is C23H29N2O4S+. The Kier molecular flexibility index (Phi) is 7.05. The van der Waals surface area contributed by atoms with Crippen LogP contribution in [0.2, 0.25) is 0 Å². The van der Waals surface area contributed by atoms with Crippen LogP contribution in [0.4, 0.5) is 0 Å². The van der Waals surface area contributed by atoms with Gasteiger partial charge in [0.25, 0.3) is 0 Å². The molecule has 0 bridgehead atoms. The van der Waals surface area contributed by atoms with Gasteiger partial charge in [0.1, 0.15) is 17.6 Å². The number of ether oxygens (including phenoxy) is 1. The van der Waals surface area contributed by atoms with E-state index in [1.165, 1.54) is 17.6 Å². The summed E-state index contributed by atoms with van der Waals surface area (Å²) in [5, 5.41) is 3.21. The molecule has 0 aliphatic carbocycles. The van der Waals surface area contributed by atoms with Gasteiger partial charge >= 0.3 is 5.97 Å². The third kappa shape index (κ3) is 4.63. The Labute approximate surface area is 180 Å². The number of unbranched alkanes of at least 4 members (excludes halogenated alkanes) is 1. The maximum Gasteiger partial charge on any atom is 0.370 e. The van der Waals surface area contributed by atoms with Crippen molar-refractivity contribution in [3.05, 3.63) is 44.6 Å². The molecule has 2 heterocycles. The van der Waals surface area contributed by atoms with Gasteiger partial charge in [-0.05, 0) is 37.8 Å². The Morgan fingerprint density at radius 1 is 1.33 bits per heavy atom. The molecule has 0 saturated heterocycles. The molecule has 7 heteroatoms. The fraction of sp³-hybridized carbons (Fsp3) is 0.435. The zero-order chi connectivity index (χ0) is 21.8. The van der Waals surface area contributed by atoms with Crippen molar-refractivity contribution in [2.45, 2.75) is 59.4 Å². The van der Waals surface area contributed by atoms with Gasteiger partial charge in [-0.15, -0.1) is 11.3 Å². The van der Waals surface area contributed by atoms with Crippen molar-refractivity contribution in [3.63, 3.8) is 0 Å². The fourth-order valence-electron chi connectivity index (χ4n) is 3.22. The first-order chi connectivity index (χ1) is 14.3. The van der Waals surface area contributed by atoms with E-state index in [-0.39, 0.29) is 17.3 Å². The van der Waals surface area contributed by atoms with Crippen molar-refractivity contribution < 1.29 is 19.7 Å². The van der Waals surface area contributed by atoms with Crippen LogP contribution in [-0.4, -0.2) is 17.0 Å². The Morgan fingerprint density at radius 2 is 2.10 bits per heavy atom. The van der Waals surface area contributed by atoms with Crippen LogP contribution in [0.3, 0.4) is 0 Å². The molecule has 0 fully saturated rings. The van der Waals surface area contributed by atoms with Gasteiger partial charge in [-0.3, -0.25) is 4.79 Å². The molecule has 0 radical (unpaired) electrons. The number of aryl methyl sites for hydroxylation is 2. The highest BCUT2D eigenvalue weighted by Crippen LogP contribution is 2.29. The van der Waals surface area contributed by atoms with E-state index in [2.05, 4.69) is 17.6 Å². The maximum absolute atomic E-state index is 13.1. The molecule has 2 aromatic heterocycles. The molecule has 30 heavy (non-hydrogen) atoms. The third-order valence-electron chi connectivity index (χ3n) is 5.49. The molecule has 0 saturated carbocycles. The predicted molar refractivity (Wildman–Crippen MR) is 119 cm³/mol. The molecule has 0 amide bonds. The number of quaternary nitrogens is 1. The van der Waals surface area contributed by atoms with E-state index >= 15 is 0 Å². The smallest absolute Gasteiger partial charge is 0.370 e. The average Bonchev–Trinajstić information content (AvgIpc) is 3.17. The number of hydrogen-bond donors (Lipinski definition) is 1. The molecule has 1 aromatic carbocycles. The van der Waals surface area contributed by atoms with E-state index in [1.54, 1.807) is 12.1 Å². The highest BCUT2D eigenvalue weighted by molar-refractivity contribution is 7.09. The minimum atomic E-state index is -0.452. The van der Waals surface area contributed by atoms with E-state index in [0.29, 0.717) is 34.4 Å². The normalized spacial score (nSPS) is 13.4. The molecule has 0 aliphatic heterocycles. The van der Waals surface area contributed by atoms with Gasteiger partial charge in [-0.1, -0.05) is 27.2 Å². The first-order valence-electron chi connectivity index (χ1n) is 10.4. The molecular weight excluding hydrogens is 400 g/mol. The minimum absolute atomic E-state index is 0.124. The van der Waals surface area contributed by atoms with Gasteiger partial charge in [0, 0.05) is 17.4 Å². The molecule has 3 N–H and O–H groups in total. The number of hydrogen-bond acceptors (Lipinski definition) is 6. The third-order valence-corrected chi connectivity index (χ3v) is 6.27. The monoisotopic (exact) mass is 429 g/mol. The summed E-state index contributed by atoms with van der Waals surface area (Å²) in [4.78, 5) is 30.1. The van der Waals surface area contributed by atoms with Crippen molar-refractivity contribution in [3.8, 4) is 17.0 Å². The second-order valence-electron chi connectivity index (χ2n) is 7.70. The number of carbonyl (C=O) groups is 1. The number of carbonyl (C=O) groups excluding carboxylic acids is 1. The predicted octanol–water partition coefficient (Wildman–Crippen LogP) is 4.13. The summed E-state index contributed by atoms with van der Waals surface area (Å²) < 4.78 is 11.5. The van der Waals surface area contributed by atoms with Crippen LogP contribution in [0.15, 0.2) is 33.0 Å². The van der Waals surface area contributed by atoms with Crippen LogP contribution >= 0.6 is 11.3 Å². The molecule has 6 nitrogen and oxygen atoms in total. The zero-order valence-corrected chi connectivity index (χ0v) is 18.8. The van der Waals surface area contributed by atoms with E-state index in [0.717, 1.165) is 29.8 Å². The molecule has 3 aromatic rings. The molecule has 160 valence electrons. The molecule has 0 spiro atoms. The number of thiazole rings is 1. The van der Waals surface area contributed by atoms with Crippen molar-refractivity contribution in [2.75, 3.05) is 0 Å². The number of rotatable bonds is 8. The van der Waals surface area contributed by atoms with Gasteiger partial charge in [0.15, 0.2) is 6.04 Å². The molecule has 0 unspecified atom stereocenters.